The summed E-state index contributed by atoms with van der Waals surface area (Å²) in [6.07, 6.45) is 0. The fourth-order valence-electron chi connectivity index (χ4n) is 2.26. The lowest BCUT2D eigenvalue weighted by molar-refractivity contribution is 0.278. The van der Waals surface area contributed by atoms with Gasteiger partial charge in [-0.1, -0.05) is 12.2 Å². The monoisotopic (exact) mass is 249 g/mol. The molecule has 1 heterocycles. The smallest absolute Gasteiger partial charge is 0.148 e. The first-order valence-corrected chi connectivity index (χ1v) is 6.23. The fourth-order valence-corrected chi connectivity index (χ4v) is 2.26. The van der Waals surface area contributed by atoms with Gasteiger partial charge in [-0.15, -0.1) is 0 Å². The van der Waals surface area contributed by atoms with Gasteiger partial charge in [-0.2, -0.15) is 0 Å². The third kappa shape index (κ3) is 3.01. The normalized spacial score (nSPS) is 16.9. The average molecular weight is 249 g/mol. The summed E-state index contributed by atoms with van der Waals surface area (Å²) in [6, 6.07) is 5.03. The molecule has 0 aromatic heterocycles. The molecule has 0 bridgehead atoms. The third-order valence-corrected chi connectivity index (χ3v) is 3.21. The molecule has 18 heavy (non-hydrogen) atoms. The summed E-state index contributed by atoms with van der Waals surface area (Å²) in [6.45, 7) is 10.7. The van der Waals surface area contributed by atoms with Gasteiger partial charge in [0.2, 0.25) is 0 Å². The largest absolute Gasteiger partial charge is 0.396 e. The van der Waals surface area contributed by atoms with Crippen LogP contribution in [0.25, 0.3) is 0 Å². The standard InChI is InChI=1S/C14H20FN3/c1-11(2)10-17-5-7-18(8-6-17)12-3-4-14(16)13(15)9-12/h3-4,9H,1,5-8,10,16H2,2H3. The van der Waals surface area contributed by atoms with Gasteiger partial charge in [0.05, 0.1) is 5.69 Å². The molecule has 0 atom stereocenters. The summed E-state index contributed by atoms with van der Waals surface area (Å²) in [7, 11) is 0. The Morgan fingerprint density at radius 1 is 1.33 bits per heavy atom. The van der Waals surface area contributed by atoms with Crippen LogP contribution in [-0.2, 0) is 0 Å². The molecule has 0 aliphatic carbocycles. The van der Waals surface area contributed by atoms with Gasteiger partial charge >= 0.3 is 0 Å². The number of nitrogens with two attached hydrogens (primary N) is 1. The van der Waals surface area contributed by atoms with Crippen molar-refractivity contribution in [3.63, 3.8) is 0 Å². The molecule has 98 valence electrons. The first kappa shape index (κ1) is 12.9. The van der Waals surface area contributed by atoms with Crippen molar-refractivity contribution < 1.29 is 4.39 Å². The number of piperazine rings is 1. The SMILES string of the molecule is C=C(C)CN1CCN(c2ccc(N)c(F)c2)CC1. The molecule has 2 N–H and O–H groups in total. The Kier molecular flexibility index (Phi) is 3.87. The van der Waals surface area contributed by atoms with E-state index in [4.69, 9.17) is 5.73 Å². The van der Waals surface area contributed by atoms with Crippen LogP contribution < -0.4 is 10.6 Å². The lowest BCUT2D eigenvalue weighted by atomic mass is 10.2. The molecule has 0 saturated carbocycles. The molecule has 1 saturated heterocycles. The average Bonchev–Trinajstić information content (AvgIpc) is 2.33. The molecule has 1 aliphatic rings. The van der Waals surface area contributed by atoms with E-state index >= 15 is 0 Å². The second-order valence-electron chi connectivity index (χ2n) is 4.93. The number of nitrogen functional groups attached to an aromatic ring is 1. The van der Waals surface area contributed by atoms with Crippen LogP contribution in [-0.4, -0.2) is 37.6 Å². The van der Waals surface area contributed by atoms with Gasteiger partial charge in [0, 0.05) is 38.4 Å². The van der Waals surface area contributed by atoms with Crippen molar-refractivity contribution in [1.29, 1.82) is 0 Å². The van der Waals surface area contributed by atoms with Gasteiger partial charge in [0.15, 0.2) is 0 Å². The van der Waals surface area contributed by atoms with E-state index in [0.29, 0.717) is 0 Å². The van der Waals surface area contributed by atoms with Crippen LogP contribution in [0.15, 0.2) is 30.4 Å². The maximum absolute atomic E-state index is 13.4. The molecule has 0 amide bonds. The molecular formula is C14H20FN3. The Balaban J connectivity index is 1.96. The Hall–Kier alpha value is -1.55. The summed E-state index contributed by atoms with van der Waals surface area (Å²) in [5.74, 6) is -0.336. The molecule has 1 aliphatic heterocycles. The van der Waals surface area contributed by atoms with E-state index in [0.717, 1.165) is 38.4 Å². The van der Waals surface area contributed by atoms with Gasteiger partial charge in [0.1, 0.15) is 5.82 Å². The van der Waals surface area contributed by atoms with Crippen molar-refractivity contribution in [2.75, 3.05) is 43.4 Å². The van der Waals surface area contributed by atoms with E-state index in [9.17, 15) is 4.39 Å². The van der Waals surface area contributed by atoms with Crippen molar-refractivity contribution >= 4 is 11.4 Å². The minimum absolute atomic E-state index is 0.208. The van der Waals surface area contributed by atoms with Gasteiger partial charge in [0.25, 0.3) is 0 Å². The van der Waals surface area contributed by atoms with Crippen LogP contribution in [0.3, 0.4) is 0 Å². The van der Waals surface area contributed by atoms with E-state index in [1.165, 1.54) is 11.6 Å². The van der Waals surface area contributed by atoms with E-state index < -0.39 is 0 Å². The zero-order chi connectivity index (χ0) is 13.1. The molecule has 1 fully saturated rings. The lowest BCUT2D eigenvalue weighted by Crippen LogP contribution is -2.46. The van der Waals surface area contributed by atoms with Crippen molar-refractivity contribution in [3.8, 4) is 0 Å². The van der Waals surface area contributed by atoms with E-state index in [1.807, 2.05) is 13.0 Å². The number of hydrogen-bond acceptors (Lipinski definition) is 3. The second kappa shape index (κ2) is 5.40. The van der Waals surface area contributed by atoms with Gasteiger partial charge < -0.3 is 10.6 Å². The molecule has 1 aromatic carbocycles. The van der Waals surface area contributed by atoms with Crippen molar-refractivity contribution in [2.24, 2.45) is 0 Å². The molecule has 0 unspecified atom stereocenters. The Morgan fingerprint density at radius 2 is 2.00 bits per heavy atom. The van der Waals surface area contributed by atoms with Crippen LogP contribution in [0.4, 0.5) is 15.8 Å². The number of anilines is 2. The highest BCUT2D eigenvalue weighted by Crippen LogP contribution is 2.21. The molecular weight excluding hydrogens is 229 g/mol. The number of hydrogen-bond donors (Lipinski definition) is 1. The van der Waals surface area contributed by atoms with Gasteiger partial charge in [-0.25, -0.2) is 4.39 Å². The molecule has 1 aromatic rings. The minimum Gasteiger partial charge on any atom is -0.396 e. The summed E-state index contributed by atoms with van der Waals surface area (Å²) < 4.78 is 13.4. The van der Waals surface area contributed by atoms with Crippen LogP contribution in [0.5, 0.6) is 0 Å². The quantitative estimate of drug-likeness (QED) is 0.658. The van der Waals surface area contributed by atoms with Crippen molar-refractivity contribution in [3.05, 3.63) is 36.2 Å². The van der Waals surface area contributed by atoms with E-state index in [2.05, 4.69) is 16.4 Å². The summed E-state index contributed by atoms with van der Waals surface area (Å²) in [5, 5.41) is 0. The topological polar surface area (TPSA) is 32.5 Å². The number of rotatable bonds is 3. The summed E-state index contributed by atoms with van der Waals surface area (Å²) in [4.78, 5) is 4.56. The van der Waals surface area contributed by atoms with Crippen LogP contribution in [0.2, 0.25) is 0 Å². The second-order valence-corrected chi connectivity index (χ2v) is 4.93. The van der Waals surface area contributed by atoms with Gasteiger partial charge in [-0.3, -0.25) is 4.90 Å². The Morgan fingerprint density at radius 3 is 2.56 bits per heavy atom. The first-order valence-electron chi connectivity index (χ1n) is 6.23. The summed E-state index contributed by atoms with van der Waals surface area (Å²) in [5.41, 5.74) is 7.79. The van der Waals surface area contributed by atoms with E-state index in [1.54, 1.807) is 6.07 Å². The number of benzene rings is 1. The van der Waals surface area contributed by atoms with Crippen molar-refractivity contribution in [1.82, 2.24) is 4.90 Å². The number of nitrogens with zero attached hydrogens (tertiary/aromatic N) is 2. The van der Waals surface area contributed by atoms with Crippen LogP contribution in [0.1, 0.15) is 6.92 Å². The lowest BCUT2D eigenvalue weighted by Gasteiger charge is -2.36. The van der Waals surface area contributed by atoms with Crippen LogP contribution in [0, 0.1) is 5.82 Å². The summed E-state index contributed by atoms with van der Waals surface area (Å²) >= 11 is 0. The fraction of sp³-hybridized carbons (Fsp3) is 0.429. The van der Waals surface area contributed by atoms with Crippen LogP contribution >= 0.6 is 0 Å². The van der Waals surface area contributed by atoms with Gasteiger partial charge in [-0.05, 0) is 25.1 Å². The van der Waals surface area contributed by atoms with E-state index in [-0.39, 0.29) is 11.5 Å². The molecule has 0 radical (unpaired) electrons. The zero-order valence-corrected chi connectivity index (χ0v) is 10.8. The maximum Gasteiger partial charge on any atom is 0.148 e. The molecule has 4 heteroatoms. The predicted octanol–water partition coefficient (Wildman–Crippen LogP) is 2.11. The highest BCUT2D eigenvalue weighted by molar-refractivity contribution is 5.54. The predicted molar refractivity (Wildman–Crippen MR) is 74.3 cm³/mol. The highest BCUT2D eigenvalue weighted by Gasteiger charge is 2.17. The molecule has 2 rings (SSSR count). The molecule has 0 spiro atoms. The van der Waals surface area contributed by atoms with Crippen molar-refractivity contribution in [2.45, 2.75) is 6.92 Å². The maximum atomic E-state index is 13.4. The Labute approximate surface area is 108 Å². The Bertz CT molecular complexity index is 437. The minimum atomic E-state index is -0.336. The third-order valence-electron chi connectivity index (χ3n) is 3.21. The number of halogens is 1. The zero-order valence-electron chi connectivity index (χ0n) is 10.8. The highest BCUT2D eigenvalue weighted by atomic mass is 19.1. The molecule has 3 nitrogen and oxygen atoms in total. The first-order chi connectivity index (χ1) is 8.56.